The second-order valence-electron chi connectivity index (χ2n) is 2.69. The van der Waals surface area contributed by atoms with Gasteiger partial charge in [0, 0.05) is 7.05 Å². The van der Waals surface area contributed by atoms with E-state index < -0.39 is 0 Å². The predicted molar refractivity (Wildman–Crippen MR) is 55.0 cm³/mol. The highest BCUT2D eigenvalue weighted by Crippen LogP contribution is 2.23. The molecule has 2 N–H and O–H groups in total. The van der Waals surface area contributed by atoms with Crippen molar-refractivity contribution in [3.63, 3.8) is 0 Å². The summed E-state index contributed by atoms with van der Waals surface area (Å²) in [6.45, 7) is 0. The van der Waals surface area contributed by atoms with Gasteiger partial charge in [-0.15, -0.1) is 0 Å². The highest BCUT2D eigenvalue weighted by molar-refractivity contribution is 6.33. The molecule has 0 fully saturated rings. The second kappa shape index (κ2) is 4.30. The molecule has 0 bridgehead atoms. The van der Waals surface area contributed by atoms with E-state index in [4.69, 9.17) is 22.2 Å². The average molecular weight is 215 g/mol. The van der Waals surface area contributed by atoms with Crippen LogP contribution in [0.4, 0.5) is 5.69 Å². The molecule has 0 saturated carbocycles. The Morgan fingerprint density at radius 3 is 2.79 bits per heavy atom. The quantitative estimate of drug-likeness (QED) is 0.601. The third kappa shape index (κ3) is 1.97. The molecule has 0 atom stereocenters. The zero-order valence-corrected chi connectivity index (χ0v) is 8.71. The van der Waals surface area contributed by atoms with Crippen LogP contribution < -0.4 is 5.73 Å². The minimum absolute atomic E-state index is 0.267. The number of amides is 1. The van der Waals surface area contributed by atoms with Crippen LogP contribution in [0.5, 0.6) is 0 Å². The molecule has 76 valence electrons. The largest absolute Gasteiger partial charge is 0.397 e. The number of para-hydroxylation sites is 1. The number of nitrogens with two attached hydrogens (primary N) is 1. The van der Waals surface area contributed by atoms with Gasteiger partial charge >= 0.3 is 0 Å². The summed E-state index contributed by atoms with van der Waals surface area (Å²) in [4.78, 5) is 16.4. The molecular weight excluding hydrogens is 204 g/mol. The van der Waals surface area contributed by atoms with Crippen molar-refractivity contribution >= 4 is 23.2 Å². The molecule has 1 aromatic rings. The molecule has 0 heterocycles. The normalized spacial score (nSPS) is 9.93. The van der Waals surface area contributed by atoms with Crippen molar-refractivity contribution in [1.82, 2.24) is 5.06 Å². The van der Waals surface area contributed by atoms with Gasteiger partial charge in [-0.25, -0.2) is 5.06 Å². The topological polar surface area (TPSA) is 55.6 Å². The lowest BCUT2D eigenvalue weighted by Gasteiger charge is -2.15. The number of anilines is 1. The van der Waals surface area contributed by atoms with Gasteiger partial charge in [0.1, 0.15) is 0 Å². The first-order valence-electron chi connectivity index (χ1n) is 3.94. The molecule has 0 aromatic heterocycles. The van der Waals surface area contributed by atoms with Gasteiger partial charge in [0.15, 0.2) is 0 Å². The maximum absolute atomic E-state index is 11.6. The summed E-state index contributed by atoms with van der Waals surface area (Å²) in [5.74, 6) is -0.326. The van der Waals surface area contributed by atoms with E-state index in [0.29, 0.717) is 10.6 Å². The Bertz CT molecular complexity index is 355. The van der Waals surface area contributed by atoms with Crippen LogP contribution in [0.15, 0.2) is 18.2 Å². The van der Waals surface area contributed by atoms with Gasteiger partial charge in [-0.05, 0) is 12.1 Å². The van der Waals surface area contributed by atoms with Gasteiger partial charge < -0.3 is 5.73 Å². The minimum Gasteiger partial charge on any atom is -0.397 e. The first kappa shape index (κ1) is 10.8. The summed E-state index contributed by atoms with van der Waals surface area (Å²) < 4.78 is 0. The van der Waals surface area contributed by atoms with Crippen molar-refractivity contribution in [2.45, 2.75) is 0 Å². The maximum Gasteiger partial charge on any atom is 0.279 e. The van der Waals surface area contributed by atoms with Crippen LogP contribution in [0.1, 0.15) is 10.4 Å². The molecule has 4 nitrogen and oxygen atoms in total. The Morgan fingerprint density at radius 2 is 2.21 bits per heavy atom. The number of hydroxylamine groups is 2. The van der Waals surface area contributed by atoms with E-state index in [1.807, 2.05) is 0 Å². The molecule has 14 heavy (non-hydrogen) atoms. The summed E-state index contributed by atoms with van der Waals surface area (Å²) in [7, 11) is 2.90. The third-order valence-corrected chi connectivity index (χ3v) is 2.17. The van der Waals surface area contributed by atoms with Crippen LogP contribution in [0.25, 0.3) is 0 Å². The first-order chi connectivity index (χ1) is 6.57. The monoisotopic (exact) mass is 214 g/mol. The van der Waals surface area contributed by atoms with Crippen LogP contribution in [-0.4, -0.2) is 25.1 Å². The zero-order valence-electron chi connectivity index (χ0n) is 7.95. The fourth-order valence-electron chi connectivity index (χ4n) is 0.976. The zero-order chi connectivity index (χ0) is 10.7. The van der Waals surface area contributed by atoms with Gasteiger partial charge in [0.25, 0.3) is 5.91 Å². The molecule has 0 aliphatic heterocycles. The Kier molecular flexibility index (Phi) is 3.33. The molecule has 1 aromatic carbocycles. The predicted octanol–water partition coefficient (Wildman–Crippen LogP) is 1.56. The number of hydrogen-bond acceptors (Lipinski definition) is 3. The molecule has 1 amide bonds. The number of benzene rings is 1. The van der Waals surface area contributed by atoms with Crippen LogP contribution in [0.3, 0.4) is 0 Å². The number of nitrogens with zero attached hydrogens (tertiary/aromatic N) is 1. The Hall–Kier alpha value is -1.26. The van der Waals surface area contributed by atoms with E-state index in [9.17, 15) is 4.79 Å². The molecule has 0 aliphatic carbocycles. The number of rotatable bonds is 2. The minimum atomic E-state index is -0.326. The molecule has 0 aliphatic rings. The second-order valence-corrected chi connectivity index (χ2v) is 3.09. The van der Waals surface area contributed by atoms with E-state index in [1.54, 1.807) is 18.2 Å². The molecule has 0 spiro atoms. The summed E-state index contributed by atoms with van der Waals surface area (Å²) in [6, 6.07) is 4.88. The lowest BCUT2D eigenvalue weighted by molar-refractivity contribution is -0.0756. The standard InChI is InChI=1S/C9H11ClN2O2/c1-12(14-2)9(13)6-4-3-5-7(10)8(6)11/h3-5H,11H2,1-2H3. The summed E-state index contributed by atoms with van der Waals surface area (Å²) in [5, 5.41) is 1.45. The first-order valence-corrected chi connectivity index (χ1v) is 4.32. The van der Waals surface area contributed by atoms with Gasteiger partial charge in [0.05, 0.1) is 23.4 Å². The van der Waals surface area contributed by atoms with Gasteiger partial charge in [-0.2, -0.15) is 0 Å². The van der Waals surface area contributed by atoms with Crippen molar-refractivity contribution in [3.05, 3.63) is 28.8 Å². The number of hydrogen-bond donors (Lipinski definition) is 1. The Labute approximate surface area is 87.2 Å². The molecular formula is C9H11ClN2O2. The highest BCUT2D eigenvalue weighted by atomic mass is 35.5. The summed E-state index contributed by atoms with van der Waals surface area (Å²) in [5.41, 5.74) is 6.24. The number of halogens is 1. The third-order valence-electron chi connectivity index (χ3n) is 1.84. The van der Waals surface area contributed by atoms with Crippen molar-refractivity contribution in [1.29, 1.82) is 0 Å². The van der Waals surface area contributed by atoms with Crippen molar-refractivity contribution in [3.8, 4) is 0 Å². The fraction of sp³-hybridized carbons (Fsp3) is 0.222. The van der Waals surface area contributed by atoms with E-state index >= 15 is 0 Å². The molecule has 0 saturated heterocycles. The number of carbonyl (C=O) groups excluding carboxylic acids is 1. The van der Waals surface area contributed by atoms with Gasteiger partial charge in [-0.1, -0.05) is 17.7 Å². The highest BCUT2D eigenvalue weighted by Gasteiger charge is 2.15. The molecule has 1 rings (SSSR count). The summed E-state index contributed by atoms with van der Waals surface area (Å²) >= 11 is 5.77. The van der Waals surface area contributed by atoms with Gasteiger partial charge in [-0.3, -0.25) is 9.63 Å². The van der Waals surface area contributed by atoms with Gasteiger partial charge in [0.2, 0.25) is 0 Å². The lowest BCUT2D eigenvalue weighted by atomic mass is 10.1. The molecule has 0 radical (unpaired) electrons. The molecule has 5 heteroatoms. The van der Waals surface area contributed by atoms with E-state index in [1.165, 1.54) is 14.2 Å². The average Bonchev–Trinajstić information content (AvgIpc) is 2.20. The van der Waals surface area contributed by atoms with Crippen molar-refractivity contribution < 1.29 is 9.63 Å². The van der Waals surface area contributed by atoms with Crippen molar-refractivity contribution in [2.75, 3.05) is 19.9 Å². The number of nitrogen functional groups attached to an aromatic ring is 1. The maximum atomic E-state index is 11.6. The lowest BCUT2D eigenvalue weighted by Crippen LogP contribution is -2.26. The Morgan fingerprint density at radius 1 is 1.57 bits per heavy atom. The van der Waals surface area contributed by atoms with Crippen LogP contribution in [-0.2, 0) is 4.84 Å². The van der Waals surface area contributed by atoms with Crippen LogP contribution in [0, 0.1) is 0 Å². The smallest absolute Gasteiger partial charge is 0.279 e. The van der Waals surface area contributed by atoms with Crippen LogP contribution >= 0.6 is 11.6 Å². The summed E-state index contributed by atoms with van der Waals surface area (Å²) in [6.07, 6.45) is 0. The van der Waals surface area contributed by atoms with E-state index in [2.05, 4.69) is 0 Å². The van der Waals surface area contributed by atoms with E-state index in [-0.39, 0.29) is 11.6 Å². The van der Waals surface area contributed by atoms with E-state index in [0.717, 1.165) is 5.06 Å². The van der Waals surface area contributed by atoms with Crippen LogP contribution in [0.2, 0.25) is 5.02 Å². The van der Waals surface area contributed by atoms with Crippen molar-refractivity contribution in [2.24, 2.45) is 0 Å². The number of carbonyl (C=O) groups is 1. The SMILES string of the molecule is CON(C)C(=O)c1cccc(Cl)c1N. The Balaban J connectivity index is 3.07. The fourth-order valence-corrected chi connectivity index (χ4v) is 1.15. The molecule has 0 unspecified atom stereocenters.